The molecule has 1 heterocycles. The molecule has 3 amide bonds. The van der Waals surface area contributed by atoms with Gasteiger partial charge in [0.1, 0.15) is 6.04 Å². The number of benzene rings is 2. The lowest BCUT2D eigenvalue weighted by molar-refractivity contribution is -0.156. The normalized spacial score (nSPS) is 21.0. The van der Waals surface area contributed by atoms with Crippen LogP contribution in [0.2, 0.25) is 10.0 Å². The molecule has 2 aromatic rings. The Morgan fingerprint density at radius 2 is 1.45 bits per heavy atom. The molecule has 0 aromatic heterocycles. The molecular weight excluding hydrogens is 463 g/mol. The molecule has 0 unspecified atom stereocenters. The van der Waals surface area contributed by atoms with Gasteiger partial charge in [0.25, 0.3) is 17.7 Å². The topological polar surface area (TPSA) is 74.8 Å². The van der Waals surface area contributed by atoms with E-state index in [1.54, 1.807) is 24.3 Å². The molecular formula is C25H24Cl2N2O4. The average Bonchev–Trinajstić information content (AvgIpc) is 3.06. The summed E-state index contributed by atoms with van der Waals surface area (Å²) in [6.07, 6.45) is 2.90. The molecule has 6 nitrogen and oxygen atoms in total. The number of Topliss-reactive ketones (excluding diaryl/α,β-unsaturated/α-hetero) is 1. The van der Waals surface area contributed by atoms with E-state index in [1.807, 2.05) is 6.92 Å². The van der Waals surface area contributed by atoms with Gasteiger partial charge in [-0.15, -0.1) is 0 Å². The summed E-state index contributed by atoms with van der Waals surface area (Å²) in [4.78, 5) is 53.6. The highest BCUT2D eigenvalue weighted by Crippen LogP contribution is 2.39. The van der Waals surface area contributed by atoms with Gasteiger partial charge in [-0.1, -0.05) is 65.9 Å². The Labute approximate surface area is 202 Å². The first kappa shape index (κ1) is 23.5. The maximum atomic E-state index is 13.6. The van der Waals surface area contributed by atoms with Gasteiger partial charge < -0.3 is 0 Å². The number of aryl methyl sites for hydroxylation is 1. The summed E-state index contributed by atoms with van der Waals surface area (Å²) in [5.41, 5.74) is 1.50. The summed E-state index contributed by atoms with van der Waals surface area (Å²) >= 11 is 12.1. The zero-order chi connectivity index (χ0) is 23.9. The van der Waals surface area contributed by atoms with Crippen molar-refractivity contribution in [2.24, 2.45) is 11.8 Å². The van der Waals surface area contributed by atoms with Gasteiger partial charge in [0, 0.05) is 11.1 Å². The average molecular weight is 487 g/mol. The molecule has 2 aliphatic rings. The van der Waals surface area contributed by atoms with Crippen LogP contribution in [0.3, 0.4) is 0 Å². The van der Waals surface area contributed by atoms with E-state index < -0.39 is 35.6 Å². The van der Waals surface area contributed by atoms with Crippen LogP contribution in [0.4, 0.5) is 0 Å². The van der Waals surface area contributed by atoms with Crippen molar-refractivity contribution in [3.8, 4) is 0 Å². The number of halogens is 2. The number of fused-ring (bicyclic) bond motifs is 1. The zero-order valence-electron chi connectivity index (χ0n) is 18.4. The van der Waals surface area contributed by atoms with Gasteiger partial charge in [-0.3, -0.25) is 19.2 Å². The summed E-state index contributed by atoms with van der Waals surface area (Å²) in [5, 5.41) is 2.34. The third-order valence-electron chi connectivity index (χ3n) is 6.49. The van der Waals surface area contributed by atoms with E-state index >= 15 is 0 Å². The second kappa shape index (κ2) is 9.27. The lowest BCUT2D eigenvalue weighted by Crippen LogP contribution is -2.56. The maximum Gasteiger partial charge on any atom is 0.273 e. The maximum absolute atomic E-state index is 13.6. The number of hydrogen-bond donors (Lipinski definition) is 0. The van der Waals surface area contributed by atoms with Gasteiger partial charge in [-0.25, -0.2) is 5.01 Å². The number of carbonyl (C=O) groups excluding carboxylic acids is 4. The molecule has 3 atom stereocenters. The first-order valence-corrected chi connectivity index (χ1v) is 11.7. The largest absolute Gasteiger partial charge is 0.292 e. The number of hydrazine groups is 1. The van der Waals surface area contributed by atoms with Crippen LogP contribution in [0, 0.1) is 18.8 Å². The van der Waals surface area contributed by atoms with Gasteiger partial charge >= 0.3 is 0 Å². The van der Waals surface area contributed by atoms with E-state index in [9.17, 15) is 19.2 Å². The van der Waals surface area contributed by atoms with Crippen LogP contribution in [-0.4, -0.2) is 39.6 Å². The lowest BCUT2D eigenvalue weighted by atomic mass is 9.81. The zero-order valence-corrected chi connectivity index (χ0v) is 19.9. The van der Waals surface area contributed by atoms with Crippen molar-refractivity contribution >= 4 is 46.7 Å². The summed E-state index contributed by atoms with van der Waals surface area (Å²) in [5.74, 6) is -2.82. The van der Waals surface area contributed by atoms with Crippen molar-refractivity contribution in [1.29, 1.82) is 0 Å². The van der Waals surface area contributed by atoms with Crippen LogP contribution < -0.4 is 0 Å². The monoisotopic (exact) mass is 486 g/mol. The number of nitrogens with zero attached hydrogens (tertiary/aromatic N) is 2. The molecule has 1 aliphatic carbocycles. The van der Waals surface area contributed by atoms with Crippen molar-refractivity contribution < 1.29 is 19.2 Å². The highest BCUT2D eigenvalue weighted by atomic mass is 35.5. The molecule has 0 bridgehead atoms. The van der Waals surface area contributed by atoms with Gasteiger partial charge in [0.2, 0.25) is 0 Å². The molecule has 0 spiro atoms. The van der Waals surface area contributed by atoms with Crippen LogP contribution in [-0.2, 0) is 9.59 Å². The number of amides is 3. The second-order valence-corrected chi connectivity index (χ2v) is 9.48. The fraction of sp³-hybridized carbons (Fsp3) is 0.360. The first-order valence-electron chi connectivity index (χ1n) is 11.0. The van der Waals surface area contributed by atoms with E-state index in [1.165, 1.54) is 25.1 Å². The summed E-state index contributed by atoms with van der Waals surface area (Å²) < 4.78 is 0. The molecule has 1 aliphatic heterocycles. The molecule has 172 valence electrons. The van der Waals surface area contributed by atoms with Crippen LogP contribution in [0.15, 0.2) is 42.5 Å². The molecule has 4 rings (SSSR count). The number of hydrogen-bond acceptors (Lipinski definition) is 4. The summed E-state index contributed by atoms with van der Waals surface area (Å²) in [7, 11) is 0. The number of imide groups is 1. The van der Waals surface area contributed by atoms with Crippen LogP contribution in [0.1, 0.15) is 58.9 Å². The minimum absolute atomic E-state index is 0.128. The summed E-state index contributed by atoms with van der Waals surface area (Å²) in [6.45, 7) is 3.43. The molecule has 0 N–H and O–H groups in total. The van der Waals surface area contributed by atoms with Crippen molar-refractivity contribution in [3.05, 3.63) is 69.2 Å². The van der Waals surface area contributed by atoms with Crippen molar-refractivity contribution in [2.75, 3.05) is 0 Å². The lowest BCUT2D eigenvalue weighted by Gasteiger charge is -2.34. The summed E-state index contributed by atoms with van der Waals surface area (Å²) in [6, 6.07) is 10.1. The third kappa shape index (κ3) is 4.30. The Hall–Kier alpha value is -2.70. The highest BCUT2D eigenvalue weighted by molar-refractivity contribution is 6.42. The Balaban J connectivity index is 1.76. The van der Waals surface area contributed by atoms with Gasteiger partial charge in [0.15, 0.2) is 5.78 Å². The molecule has 2 fully saturated rings. The Morgan fingerprint density at radius 3 is 2.00 bits per heavy atom. The number of carbonyl (C=O) groups is 4. The predicted octanol–water partition coefficient (Wildman–Crippen LogP) is 5.11. The number of rotatable bonds is 5. The number of ketones is 1. The Morgan fingerprint density at radius 1 is 0.909 bits per heavy atom. The van der Waals surface area contributed by atoms with Crippen molar-refractivity contribution in [1.82, 2.24) is 10.0 Å². The third-order valence-corrected chi connectivity index (χ3v) is 7.23. The molecule has 2 aromatic carbocycles. The first-order chi connectivity index (χ1) is 15.7. The molecule has 1 saturated carbocycles. The van der Waals surface area contributed by atoms with Crippen LogP contribution in [0.5, 0.6) is 0 Å². The van der Waals surface area contributed by atoms with Crippen molar-refractivity contribution in [3.63, 3.8) is 0 Å². The Bertz CT molecular complexity index is 1110. The highest BCUT2D eigenvalue weighted by Gasteiger charge is 2.53. The van der Waals surface area contributed by atoms with E-state index in [4.69, 9.17) is 23.2 Å². The van der Waals surface area contributed by atoms with E-state index in [0.29, 0.717) is 18.4 Å². The Kier molecular flexibility index (Phi) is 6.59. The molecule has 0 radical (unpaired) electrons. The minimum Gasteiger partial charge on any atom is -0.292 e. The minimum atomic E-state index is -1.09. The quantitative estimate of drug-likeness (QED) is 0.434. The van der Waals surface area contributed by atoms with Gasteiger partial charge in [-0.2, -0.15) is 5.01 Å². The molecule has 8 heteroatoms. The van der Waals surface area contributed by atoms with E-state index in [2.05, 4.69) is 0 Å². The molecule has 1 saturated heterocycles. The standard InChI is InChI=1S/C25H24Cl2N2O4/c1-14-7-9-16(10-8-14)22(30)15(2)28(23(31)17-11-12-20(26)21(27)13-17)29-24(32)18-5-3-4-6-19(18)25(29)33/h7-13,15,18-19H,3-6H2,1-2H3/t15-,18-,19-/m0/s1. The fourth-order valence-corrected chi connectivity index (χ4v) is 4.93. The fourth-order valence-electron chi connectivity index (χ4n) is 4.63. The smallest absolute Gasteiger partial charge is 0.273 e. The SMILES string of the molecule is Cc1ccc(C(=O)[C@H](C)N(C(=O)c2ccc(Cl)c(Cl)c2)N2C(=O)[C@H]3CCCC[C@@H]3C2=O)cc1. The second-order valence-electron chi connectivity index (χ2n) is 8.67. The van der Waals surface area contributed by atoms with Crippen LogP contribution in [0.25, 0.3) is 0 Å². The van der Waals surface area contributed by atoms with Crippen LogP contribution >= 0.6 is 23.2 Å². The van der Waals surface area contributed by atoms with E-state index in [0.717, 1.165) is 28.4 Å². The van der Waals surface area contributed by atoms with Gasteiger partial charge in [-0.05, 0) is 44.9 Å². The molecule has 33 heavy (non-hydrogen) atoms. The van der Waals surface area contributed by atoms with E-state index in [-0.39, 0.29) is 21.4 Å². The predicted molar refractivity (Wildman–Crippen MR) is 125 cm³/mol. The van der Waals surface area contributed by atoms with Gasteiger partial charge in [0.05, 0.1) is 21.9 Å². The van der Waals surface area contributed by atoms with Crippen molar-refractivity contribution in [2.45, 2.75) is 45.6 Å².